The van der Waals surface area contributed by atoms with E-state index in [1.54, 1.807) is 7.11 Å². The Morgan fingerprint density at radius 2 is 2.04 bits per heavy atom. The molecule has 0 aromatic heterocycles. The second-order valence-electron chi connectivity index (χ2n) is 7.44. The maximum atomic E-state index is 6.47. The Hall–Kier alpha value is -2.53. The van der Waals surface area contributed by atoms with Gasteiger partial charge in [-0.1, -0.05) is 29.4 Å². The molecular formula is C22H26N2O3. The van der Waals surface area contributed by atoms with Crippen LogP contribution in [0.15, 0.2) is 53.7 Å². The Kier molecular flexibility index (Phi) is 4.79. The van der Waals surface area contributed by atoms with E-state index in [1.165, 1.54) is 0 Å². The molecule has 2 aliphatic rings. The van der Waals surface area contributed by atoms with Crippen LogP contribution in [0.1, 0.15) is 24.0 Å². The van der Waals surface area contributed by atoms with E-state index < -0.39 is 0 Å². The first-order valence-electron chi connectivity index (χ1n) is 9.41. The summed E-state index contributed by atoms with van der Waals surface area (Å²) in [7, 11) is 5.81. The van der Waals surface area contributed by atoms with E-state index in [4.69, 9.17) is 14.3 Å². The molecule has 2 atom stereocenters. The van der Waals surface area contributed by atoms with Crippen LogP contribution in [0.5, 0.6) is 11.5 Å². The molecule has 1 fully saturated rings. The summed E-state index contributed by atoms with van der Waals surface area (Å²) in [5, 5.41) is 4.54. The molecular weight excluding hydrogens is 340 g/mol. The second kappa shape index (κ2) is 7.24. The van der Waals surface area contributed by atoms with Crippen molar-refractivity contribution in [2.24, 2.45) is 11.1 Å². The Balaban J connectivity index is 1.60. The Bertz CT molecular complexity index is 849. The van der Waals surface area contributed by atoms with Gasteiger partial charge in [-0.15, -0.1) is 0 Å². The molecule has 0 bridgehead atoms. The highest BCUT2D eigenvalue weighted by atomic mass is 16.6. The summed E-state index contributed by atoms with van der Waals surface area (Å²) in [5.74, 6) is 1.91. The van der Waals surface area contributed by atoms with E-state index in [1.807, 2.05) is 30.3 Å². The quantitative estimate of drug-likeness (QED) is 0.554. The molecule has 2 aromatic carbocycles. The minimum absolute atomic E-state index is 0.202. The minimum Gasteiger partial charge on any atom is -0.497 e. The normalized spacial score (nSPS) is 24.1. The highest BCUT2D eigenvalue weighted by Gasteiger charge is 2.64. The fourth-order valence-corrected chi connectivity index (χ4v) is 3.76. The van der Waals surface area contributed by atoms with Crippen LogP contribution < -0.4 is 9.47 Å². The molecule has 0 N–H and O–H groups in total. The average molecular weight is 366 g/mol. The zero-order chi connectivity index (χ0) is 18.9. The van der Waals surface area contributed by atoms with Crippen molar-refractivity contribution in [3.63, 3.8) is 0 Å². The van der Waals surface area contributed by atoms with Crippen molar-refractivity contribution in [1.82, 2.24) is 4.90 Å². The first-order valence-corrected chi connectivity index (χ1v) is 9.41. The molecule has 142 valence electrons. The number of hydrogen-bond donors (Lipinski definition) is 0. The van der Waals surface area contributed by atoms with Crippen LogP contribution in [0.25, 0.3) is 0 Å². The Labute approximate surface area is 160 Å². The number of para-hydroxylation sites is 1. The zero-order valence-corrected chi connectivity index (χ0v) is 16.1. The third-order valence-corrected chi connectivity index (χ3v) is 5.26. The smallest absolute Gasteiger partial charge is 0.144 e. The molecule has 4 rings (SSSR count). The first kappa shape index (κ1) is 17.9. The summed E-state index contributed by atoms with van der Waals surface area (Å²) in [6.45, 7) is 1.60. The fraction of sp³-hybridized carbons (Fsp3) is 0.409. The standard InChI is InChI=1S/C22H26N2O3/c1-24(2)12-7-13-26-23-21-18-10-4-5-11-20(18)27-22(15-19(21)22)16-8-6-9-17(14-16)25-3/h4-6,8-11,14,19H,7,12-13,15H2,1-3H3. The van der Waals surface area contributed by atoms with Crippen LogP contribution in [0.3, 0.4) is 0 Å². The molecule has 1 saturated carbocycles. The van der Waals surface area contributed by atoms with Crippen molar-refractivity contribution >= 4 is 5.71 Å². The maximum Gasteiger partial charge on any atom is 0.144 e. The Morgan fingerprint density at radius 1 is 1.19 bits per heavy atom. The summed E-state index contributed by atoms with van der Waals surface area (Å²) in [6.07, 6.45) is 1.85. The largest absolute Gasteiger partial charge is 0.497 e. The van der Waals surface area contributed by atoms with Gasteiger partial charge in [0.2, 0.25) is 0 Å². The SMILES string of the molecule is COc1cccc(C23CC2C(=NOCCCN(C)C)c2ccccc2O3)c1. The van der Waals surface area contributed by atoms with Gasteiger partial charge in [0, 0.05) is 18.5 Å². The summed E-state index contributed by atoms with van der Waals surface area (Å²) < 4.78 is 11.9. The molecule has 1 heterocycles. The maximum absolute atomic E-state index is 6.47. The predicted molar refractivity (Wildman–Crippen MR) is 106 cm³/mol. The number of benzene rings is 2. The molecule has 2 unspecified atom stereocenters. The van der Waals surface area contributed by atoms with E-state index in [2.05, 4.69) is 42.4 Å². The number of hydrogen-bond acceptors (Lipinski definition) is 5. The van der Waals surface area contributed by atoms with Crippen LogP contribution in [0.4, 0.5) is 0 Å². The number of oxime groups is 1. The van der Waals surface area contributed by atoms with Crippen molar-refractivity contribution in [3.8, 4) is 11.5 Å². The van der Waals surface area contributed by atoms with Crippen molar-refractivity contribution in [2.75, 3.05) is 34.4 Å². The number of methoxy groups -OCH3 is 1. The molecule has 0 saturated heterocycles. The number of nitrogens with zero attached hydrogens (tertiary/aromatic N) is 2. The van der Waals surface area contributed by atoms with E-state index in [-0.39, 0.29) is 11.5 Å². The van der Waals surface area contributed by atoms with Gasteiger partial charge in [-0.2, -0.15) is 0 Å². The number of ether oxygens (including phenoxy) is 2. The molecule has 2 aromatic rings. The monoisotopic (exact) mass is 366 g/mol. The second-order valence-corrected chi connectivity index (χ2v) is 7.44. The lowest BCUT2D eigenvalue weighted by atomic mass is 9.95. The minimum atomic E-state index is -0.366. The van der Waals surface area contributed by atoms with Crippen LogP contribution in [-0.4, -0.2) is 45.0 Å². The molecule has 1 aliphatic heterocycles. The van der Waals surface area contributed by atoms with Crippen LogP contribution in [0.2, 0.25) is 0 Å². The van der Waals surface area contributed by atoms with E-state index >= 15 is 0 Å². The van der Waals surface area contributed by atoms with Gasteiger partial charge in [0.25, 0.3) is 0 Å². The Morgan fingerprint density at radius 3 is 2.85 bits per heavy atom. The van der Waals surface area contributed by atoms with Crippen LogP contribution >= 0.6 is 0 Å². The van der Waals surface area contributed by atoms with Gasteiger partial charge in [0.05, 0.1) is 18.7 Å². The highest BCUT2D eigenvalue weighted by molar-refractivity contribution is 6.08. The van der Waals surface area contributed by atoms with Crippen LogP contribution in [0, 0.1) is 5.92 Å². The van der Waals surface area contributed by atoms with Gasteiger partial charge in [-0.05, 0) is 50.3 Å². The average Bonchev–Trinajstić information content (AvgIpc) is 3.42. The van der Waals surface area contributed by atoms with Crippen molar-refractivity contribution < 1.29 is 14.3 Å². The number of fused-ring (bicyclic) bond motifs is 2. The lowest BCUT2D eigenvalue weighted by Crippen LogP contribution is -2.28. The van der Waals surface area contributed by atoms with Crippen molar-refractivity contribution in [3.05, 3.63) is 59.7 Å². The molecule has 5 heteroatoms. The van der Waals surface area contributed by atoms with Crippen molar-refractivity contribution in [1.29, 1.82) is 0 Å². The van der Waals surface area contributed by atoms with E-state index in [0.717, 1.165) is 47.7 Å². The molecule has 5 nitrogen and oxygen atoms in total. The van der Waals surface area contributed by atoms with E-state index in [0.29, 0.717) is 6.61 Å². The predicted octanol–water partition coefficient (Wildman–Crippen LogP) is 3.68. The third-order valence-electron chi connectivity index (χ3n) is 5.26. The third kappa shape index (κ3) is 3.39. The molecule has 1 aliphatic carbocycles. The van der Waals surface area contributed by atoms with Crippen LogP contribution in [-0.2, 0) is 10.4 Å². The van der Waals surface area contributed by atoms with E-state index in [9.17, 15) is 0 Å². The molecule has 0 amide bonds. The van der Waals surface area contributed by atoms with Crippen molar-refractivity contribution in [2.45, 2.75) is 18.4 Å². The summed E-state index contributed by atoms with van der Waals surface area (Å²) in [5.41, 5.74) is 2.78. The van der Waals surface area contributed by atoms with Gasteiger partial charge in [0.1, 0.15) is 23.7 Å². The lowest BCUT2D eigenvalue weighted by molar-refractivity contribution is 0.129. The van der Waals surface area contributed by atoms with Gasteiger partial charge < -0.3 is 19.2 Å². The molecule has 27 heavy (non-hydrogen) atoms. The lowest BCUT2D eigenvalue weighted by Gasteiger charge is -2.27. The number of rotatable bonds is 7. The van der Waals surface area contributed by atoms with Gasteiger partial charge in [0.15, 0.2) is 0 Å². The van der Waals surface area contributed by atoms with Gasteiger partial charge >= 0.3 is 0 Å². The molecule has 0 radical (unpaired) electrons. The van der Waals surface area contributed by atoms with Gasteiger partial charge in [-0.3, -0.25) is 0 Å². The summed E-state index contributed by atoms with van der Waals surface area (Å²) in [4.78, 5) is 7.83. The molecule has 0 spiro atoms. The van der Waals surface area contributed by atoms with Gasteiger partial charge in [-0.25, -0.2) is 0 Å². The summed E-state index contributed by atoms with van der Waals surface area (Å²) in [6, 6.07) is 16.2. The zero-order valence-electron chi connectivity index (χ0n) is 16.1. The topological polar surface area (TPSA) is 43.3 Å². The first-order chi connectivity index (χ1) is 13.1. The fourth-order valence-electron chi connectivity index (χ4n) is 3.76. The highest BCUT2D eigenvalue weighted by Crippen LogP contribution is 2.60. The summed E-state index contributed by atoms with van der Waals surface area (Å²) >= 11 is 0.